The maximum atomic E-state index is 8.35. The smallest absolute Gasteiger partial charge is 0.231 e. The van der Waals surface area contributed by atoms with Crippen molar-refractivity contribution in [3.05, 3.63) is 59.8 Å². The number of rotatable bonds is 1. The van der Waals surface area contributed by atoms with Gasteiger partial charge in [-0.3, -0.25) is 0 Å². The molecule has 1 atom stereocenters. The van der Waals surface area contributed by atoms with Gasteiger partial charge in [0.05, 0.1) is 5.54 Å². The molecule has 2 rings (SSSR count). The largest absolute Gasteiger partial charge is 0.399 e. The summed E-state index contributed by atoms with van der Waals surface area (Å²) in [5.41, 5.74) is 13.4. The standard InChI is InChI=1S/C12H14N2.2CHNO/c13-11-6-8-12(14,9-7-11)10-4-2-1-3-5-10;2*2-1-3/h1-8H,9,13-14H2;2*2H. The number of isocyanates is 2. The quantitative estimate of drug-likeness (QED) is 0.454. The van der Waals surface area contributed by atoms with Crippen molar-refractivity contribution in [2.75, 3.05) is 0 Å². The highest BCUT2D eigenvalue weighted by Crippen LogP contribution is 2.27. The maximum absolute atomic E-state index is 8.35. The number of allylic oxidation sites excluding steroid dienone is 1. The number of benzene rings is 1. The normalized spacial score (nSPS) is 18.9. The van der Waals surface area contributed by atoms with Gasteiger partial charge in [0.1, 0.15) is 0 Å². The van der Waals surface area contributed by atoms with Crippen LogP contribution in [0.1, 0.15) is 12.0 Å². The molecule has 1 aliphatic rings. The molecule has 1 unspecified atom stereocenters. The number of nitrogens with two attached hydrogens (primary N) is 2. The summed E-state index contributed by atoms with van der Waals surface area (Å²) < 4.78 is 0. The summed E-state index contributed by atoms with van der Waals surface area (Å²) >= 11 is 0. The predicted octanol–water partition coefficient (Wildman–Crippen LogP) is 1.45. The first-order valence-corrected chi connectivity index (χ1v) is 5.61. The maximum Gasteiger partial charge on any atom is 0.231 e. The van der Waals surface area contributed by atoms with Crippen LogP contribution in [-0.4, -0.2) is 12.2 Å². The third-order valence-electron chi connectivity index (χ3n) is 2.56. The zero-order chi connectivity index (χ0) is 15.4. The topological polar surface area (TPSA) is 134 Å². The van der Waals surface area contributed by atoms with Crippen molar-refractivity contribution in [3.63, 3.8) is 0 Å². The Kier molecular flexibility index (Phi) is 7.91. The van der Waals surface area contributed by atoms with Crippen molar-refractivity contribution in [1.82, 2.24) is 0 Å². The first kappa shape index (κ1) is 17.2. The molecular formula is C14H16N4O2. The number of hydrogen-bond acceptors (Lipinski definition) is 6. The predicted molar refractivity (Wildman–Crippen MR) is 75.2 cm³/mol. The fourth-order valence-corrected chi connectivity index (χ4v) is 1.63. The van der Waals surface area contributed by atoms with Gasteiger partial charge in [-0.15, -0.1) is 0 Å². The highest BCUT2D eigenvalue weighted by atomic mass is 16.1. The third kappa shape index (κ3) is 5.71. The average Bonchev–Trinajstić information content (AvgIpc) is 2.45. The van der Waals surface area contributed by atoms with Crippen LogP contribution >= 0.6 is 0 Å². The summed E-state index contributed by atoms with van der Waals surface area (Å²) in [6, 6.07) is 10.1. The molecule has 0 radical (unpaired) electrons. The second-order valence-corrected chi connectivity index (χ2v) is 3.85. The molecule has 0 saturated heterocycles. The minimum atomic E-state index is -0.385. The van der Waals surface area contributed by atoms with Crippen LogP contribution in [0.4, 0.5) is 0 Å². The van der Waals surface area contributed by atoms with Gasteiger partial charge in [0, 0.05) is 5.70 Å². The third-order valence-corrected chi connectivity index (χ3v) is 2.56. The van der Waals surface area contributed by atoms with Gasteiger partial charge in [-0.2, -0.15) is 0 Å². The Morgan fingerprint density at radius 3 is 2.00 bits per heavy atom. The molecule has 0 heterocycles. The number of carbonyl (C=O) groups excluding carboxylic acids is 2. The van der Waals surface area contributed by atoms with E-state index >= 15 is 0 Å². The van der Waals surface area contributed by atoms with Crippen LogP contribution in [0.15, 0.2) is 54.3 Å². The van der Waals surface area contributed by atoms with Crippen molar-refractivity contribution in [2.24, 2.45) is 11.5 Å². The Balaban J connectivity index is 0.000000520. The Labute approximate surface area is 116 Å². The van der Waals surface area contributed by atoms with E-state index in [4.69, 9.17) is 31.9 Å². The Morgan fingerprint density at radius 2 is 1.60 bits per heavy atom. The minimum absolute atomic E-state index is 0.385. The molecule has 0 amide bonds. The van der Waals surface area contributed by atoms with Crippen molar-refractivity contribution in [3.8, 4) is 0 Å². The van der Waals surface area contributed by atoms with E-state index in [1.807, 2.05) is 48.6 Å². The van der Waals surface area contributed by atoms with E-state index in [0.717, 1.165) is 29.8 Å². The summed E-state index contributed by atoms with van der Waals surface area (Å²) in [4.78, 5) is 16.7. The van der Waals surface area contributed by atoms with E-state index in [0.29, 0.717) is 0 Å². The molecule has 20 heavy (non-hydrogen) atoms. The lowest BCUT2D eigenvalue weighted by Crippen LogP contribution is -2.35. The van der Waals surface area contributed by atoms with Gasteiger partial charge in [0.15, 0.2) is 0 Å². The molecule has 0 fully saturated rings. The second kappa shape index (κ2) is 9.19. The van der Waals surface area contributed by atoms with Crippen LogP contribution in [0.2, 0.25) is 0 Å². The average molecular weight is 272 g/mol. The summed E-state index contributed by atoms with van der Waals surface area (Å²) in [6.07, 6.45) is 8.07. The molecule has 6 heteroatoms. The first-order valence-electron chi connectivity index (χ1n) is 5.61. The lowest BCUT2D eigenvalue weighted by atomic mass is 9.84. The molecule has 0 spiro atoms. The fourth-order valence-electron chi connectivity index (χ4n) is 1.63. The van der Waals surface area contributed by atoms with Crippen LogP contribution in [0.5, 0.6) is 0 Å². The molecule has 1 aliphatic carbocycles. The van der Waals surface area contributed by atoms with Crippen molar-refractivity contribution in [2.45, 2.75) is 12.0 Å². The van der Waals surface area contributed by atoms with E-state index in [1.165, 1.54) is 0 Å². The van der Waals surface area contributed by atoms with Crippen LogP contribution in [0.3, 0.4) is 0 Å². The van der Waals surface area contributed by atoms with Crippen molar-refractivity contribution >= 4 is 12.2 Å². The molecule has 0 aromatic heterocycles. The molecule has 0 bridgehead atoms. The van der Waals surface area contributed by atoms with E-state index in [-0.39, 0.29) is 5.54 Å². The summed E-state index contributed by atoms with van der Waals surface area (Å²) in [6.45, 7) is 0. The van der Waals surface area contributed by atoms with E-state index in [1.54, 1.807) is 0 Å². The summed E-state index contributed by atoms with van der Waals surface area (Å²) in [5, 5.41) is 10.8. The number of nitrogens with one attached hydrogen (secondary N) is 2. The van der Waals surface area contributed by atoms with Gasteiger partial charge in [-0.05, 0) is 18.1 Å². The minimum Gasteiger partial charge on any atom is -0.399 e. The van der Waals surface area contributed by atoms with Gasteiger partial charge < -0.3 is 11.5 Å². The molecular weight excluding hydrogens is 256 g/mol. The SMILES string of the molecule is N=C=O.N=C=O.NC1=CCC(N)(c2ccccc2)C=C1. The van der Waals surface area contributed by atoms with Crippen molar-refractivity contribution in [1.29, 1.82) is 10.8 Å². The van der Waals surface area contributed by atoms with Gasteiger partial charge in [0.2, 0.25) is 12.2 Å². The zero-order valence-electron chi connectivity index (χ0n) is 10.8. The first-order chi connectivity index (χ1) is 9.53. The molecule has 104 valence electrons. The highest BCUT2D eigenvalue weighted by molar-refractivity contribution is 5.36. The van der Waals surface area contributed by atoms with Gasteiger partial charge in [0.25, 0.3) is 0 Å². The number of hydrogen-bond donors (Lipinski definition) is 4. The van der Waals surface area contributed by atoms with Crippen LogP contribution in [0, 0.1) is 10.8 Å². The fraction of sp³-hybridized carbons (Fsp3) is 0.143. The summed E-state index contributed by atoms with van der Waals surface area (Å²) in [5.74, 6) is 0. The Morgan fingerprint density at radius 1 is 1.10 bits per heavy atom. The van der Waals surface area contributed by atoms with Crippen LogP contribution < -0.4 is 11.5 Å². The van der Waals surface area contributed by atoms with Gasteiger partial charge in [-0.1, -0.05) is 42.5 Å². The van der Waals surface area contributed by atoms with Gasteiger partial charge in [-0.25, -0.2) is 20.4 Å². The molecule has 1 aromatic rings. The van der Waals surface area contributed by atoms with Crippen molar-refractivity contribution < 1.29 is 9.59 Å². The van der Waals surface area contributed by atoms with E-state index in [2.05, 4.69) is 0 Å². The zero-order valence-corrected chi connectivity index (χ0v) is 10.8. The highest BCUT2D eigenvalue weighted by Gasteiger charge is 2.24. The monoisotopic (exact) mass is 272 g/mol. The molecule has 0 saturated carbocycles. The molecule has 6 nitrogen and oxygen atoms in total. The Bertz CT molecular complexity index is 528. The summed E-state index contributed by atoms with van der Waals surface area (Å²) in [7, 11) is 0. The molecule has 6 N–H and O–H groups in total. The van der Waals surface area contributed by atoms with Crippen LogP contribution in [0.25, 0.3) is 0 Å². The van der Waals surface area contributed by atoms with E-state index < -0.39 is 0 Å². The molecule has 0 aliphatic heterocycles. The Hall–Kier alpha value is -2.78. The second-order valence-electron chi connectivity index (χ2n) is 3.85. The lowest BCUT2D eigenvalue weighted by Gasteiger charge is -2.27. The van der Waals surface area contributed by atoms with Crippen LogP contribution in [-0.2, 0) is 15.1 Å². The van der Waals surface area contributed by atoms with E-state index in [9.17, 15) is 0 Å². The molecule has 1 aromatic carbocycles. The lowest BCUT2D eigenvalue weighted by molar-refractivity contribution is 0.562. The van der Waals surface area contributed by atoms with Gasteiger partial charge >= 0.3 is 0 Å².